The molecule has 4 heteroatoms. The number of aromatic nitrogens is 1. The highest BCUT2D eigenvalue weighted by Gasteiger charge is 2.24. The third kappa shape index (κ3) is 6.88. The molecule has 0 aliphatic carbocycles. The summed E-state index contributed by atoms with van der Waals surface area (Å²) in [7, 11) is 0. The minimum absolute atomic E-state index is 0.0529. The Hall–Kier alpha value is -5.35. The predicted octanol–water partition coefficient (Wildman–Crippen LogP) is 13.7. The van der Waals surface area contributed by atoms with Crippen LogP contribution in [0.5, 0.6) is 0 Å². The fourth-order valence-electron chi connectivity index (χ4n) is 6.81. The molecule has 0 amide bonds. The van der Waals surface area contributed by atoms with Crippen LogP contribution in [0.15, 0.2) is 140 Å². The molecule has 1 aromatic heterocycles. The molecular formula is C47H50N4. The molecule has 0 unspecified atom stereocenters. The van der Waals surface area contributed by atoms with Gasteiger partial charge in [-0.1, -0.05) is 117 Å². The molecule has 0 atom stereocenters. The van der Waals surface area contributed by atoms with Gasteiger partial charge in [0.15, 0.2) is 0 Å². The maximum atomic E-state index is 5.42. The highest BCUT2D eigenvalue weighted by Crippen LogP contribution is 2.45. The van der Waals surface area contributed by atoms with Crippen molar-refractivity contribution in [1.82, 2.24) is 4.98 Å². The Balaban J connectivity index is 1.48. The van der Waals surface area contributed by atoms with Crippen molar-refractivity contribution in [1.29, 1.82) is 0 Å². The van der Waals surface area contributed by atoms with Gasteiger partial charge in [0.1, 0.15) is 11.6 Å². The van der Waals surface area contributed by atoms with E-state index in [9.17, 15) is 0 Å². The van der Waals surface area contributed by atoms with Crippen molar-refractivity contribution in [3.63, 3.8) is 0 Å². The second-order valence-electron chi connectivity index (χ2n) is 16.8. The lowest BCUT2D eigenvalue weighted by molar-refractivity contribution is 0.590. The average Bonchev–Trinajstić information content (AvgIpc) is 3.09. The number of nitrogens with zero attached hydrogens (tertiary/aromatic N) is 4. The normalized spacial score (nSPS) is 13.5. The van der Waals surface area contributed by atoms with Gasteiger partial charge < -0.3 is 4.90 Å². The summed E-state index contributed by atoms with van der Waals surface area (Å²) in [5, 5.41) is 0. The van der Waals surface area contributed by atoms with E-state index in [1.807, 2.05) is 0 Å². The van der Waals surface area contributed by atoms with Crippen LogP contribution in [-0.2, 0) is 16.2 Å². The van der Waals surface area contributed by atoms with Crippen LogP contribution in [0.2, 0.25) is 0 Å². The molecule has 2 heterocycles. The number of anilines is 9. The van der Waals surface area contributed by atoms with E-state index in [4.69, 9.17) is 4.98 Å². The Kier molecular flexibility index (Phi) is 8.54. The van der Waals surface area contributed by atoms with Crippen LogP contribution in [0.25, 0.3) is 0 Å². The zero-order chi connectivity index (χ0) is 36.1. The Morgan fingerprint density at radius 2 is 0.588 bits per heavy atom. The number of hydrogen-bond acceptors (Lipinski definition) is 4. The minimum Gasteiger partial charge on any atom is -0.310 e. The SMILES string of the molecule is CC(C)(C)c1ccc(N2c3cccc(c3)N(c3ccc(C(C)(C)C)cc3)c3cccc(n3)N(c3ccc(C(C)(C)C)cc3)c3cccc2c3)cc1. The van der Waals surface area contributed by atoms with E-state index in [0.29, 0.717) is 0 Å². The molecule has 1 aliphatic heterocycles. The summed E-state index contributed by atoms with van der Waals surface area (Å²) in [5.74, 6) is 1.70. The van der Waals surface area contributed by atoms with E-state index in [-0.39, 0.29) is 16.2 Å². The summed E-state index contributed by atoms with van der Waals surface area (Å²) >= 11 is 0. The zero-order valence-electron chi connectivity index (χ0n) is 31.6. The Bertz CT molecular complexity index is 1840. The molecule has 7 rings (SSSR count). The van der Waals surface area contributed by atoms with Crippen LogP contribution in [0.3, 0.4) is 0 Å². The van der Waals surface area contributed by atoms with Crippen molar-refractivity contribution in [3.05, 3.63) is 156 Å². The van der Waals surface area contributed by atoms with Crippen molar-refractivity contribution >= 4 is 51.4 Å². The van der Waals surface area contributed by atoms with Gasteiger partial charge in [-0.05, 0) is 118 Å². The van der Waals surface area contributed by atoms with Crippen LogP contribution in [0.1, 0.15) is 79.0 Å². The predicted molar refractivity (Wildman–Crippen MR) is 218 cm³/mol. The van der Waals surface area contributed by atoms with E-state index in [0.717, 1.165) is 51.4 Å². The smallest absolute Gasteiger partial charge is 0.140 e. The second-order valence-corrected chi connectivity index (χ2v) is 16.8. The Morgan fingerprint density at radius 1 is 0.314 bits per heavy atom. The first kappa shape index (κ1) is 34.1. The molecule has 51 heavy (non-hydrogen) atoms. The minimum atomic E-state index is 0.0529. The zero-order valence-corrected chi connectivity index (χ0v) is 31.6. The van der Waals surface area contributed by atoms with Gasteiger partial charge in [-0.2, -0.15) is 0 Å². The molecule has 0 spiro atoms. The molecule has 0 fully saturated rings. The van der Waals surface area contributed by atoms with Crippen LogP contribution < -0.4 is 14.7 Å². The molecular weight excluding hydrogens is 621 g/mol. The molecule has 6 bridgehead atoms. The average molecular weight is 671 g/mol. The van der Waals surface area contributed by atoms with Gasteiger partial charge in [-0.15, -0.1) is 0 Å². The second kappa shape index (κ2) is 12.8. The van der Waals surface area contributed by atoms with Crippen LogP contribution in [0.4, 0.5) is 51.4 Å². The topological polar surface area (TPSA) is 22.6 Å². The van der Waals surface area contributed by atoms with Crippen LogP contribution >= 0.6 is 0 Å². The van der Waals surface area contributed by atoms with E-state index < -0.39 is 0 Å². The van der Waals surface area contributed by atoms with Gasteiger partial charge in [-0.3, -0.25) is 9.80 Å². The lowest BCUT2D eigenvalue weighted by atomic mass is 9.87. The van der Waals surface area contributed by atoms with Gasteiger partial charge in [0.05, 0.1) is 0 Å². The third-order valence-corrected chi connectivity index (χ3v) is 9.84. The van der Waals surface area contributed by atoms with Gasteiger partial charge in [0, 0.05) is 39.8 Å². The first-order valence-electron chi connectivity index (χ1n) is 18.1. The molecule has 4 nitrogen and oxygen atoms in total. The quantitative estimate of drug-likeness (QED) is 0.187. The molecule has 0 saturated carbocycles. The monoisotopic (exact) mass is 670 g/mol. The lowest BCUT2D eigenvalue weighted by Gasteiger charge is -2.33. The number of benzene rings is 5. The van der Waals surface area contributed by atoms with Crippen molar-refractivity contribution < 1.29 is 0 Å². The maximum Gasteiger partial charge on any atom is 0.140 e. The summed E-state index contributed by atoms with van der Waals surface area (Å²) in [6, 6.07) is 50.9. The lowest BCUT2D eigenvalue weighted by Crippen LogP contribution is -2.19. The van der Waals surface area contributed by atoms with Crippen LogP contribution in [0, 0.1) is 0 Å². The summed E-state index contributed by atoms with van der Waals surface area (Å²) in [5.41, 5.74) is 11.5. The summed E-state index contributed by atoms with van der Waals surface area (Å²) < 4.78 is 0. The van der Waals surface area contributed by atoms with E-state index in [2.05, 4.69) is 217 Å². The van der Waals surface area contributed by atoms with Gasteiger partial charge in [0.25, 0.3) is 0 Å². The standard InChI is InChI=1S/C47H50N4/c1-45(2,3)33-19-25-36(26-20-33)49-39-13-10-15-41(31-39)50(37-27-21-34(22-28-37)46(4,5)6)43-17-12-18-44(48-43)51(42-16-11-14-40(49)32-42)38-29-23-35(24-30-38)47(7,8)9/h10-32H,1-9H3. The fraction of sp³-hybridized carbons (Fsp3) is 0.255. The van der Waals surface area contributed by atoms with Gasteiger partial charge >= 0.3 is 0 Å². The number of fused-ring (bicyclic) bond motifs is 6. The maximum absolute atomic E-state index is 5.42. The van der Waals surface area contributed by atoms with E-state index >= 15 is 0 Å². The summed E-state index contributed by atoms with van der Waals surface area (Å²) in [4.78, 5) is 12.3. The first-order chi connectivity index (χ1) is 24.2. The van der Waals surface area contributed by atoms with Gasteiger partial charge in [0.2, 0.25) is 0 Å². The van der Waals surface area contributed by atoms with Crippen molar-refractivity contribution in [3.8, 4) is 0 Å². The molecule has 0 saturated heterocycles. The van der Waals surface area contributed by atoms with Crippen LogP contribution in [-0.4, -0.2) is 4.98 Å². The van der Waals surface area contributed by atoms with Crippen molar-refractivity contribution in [2.75, 3.05) is 14.7 Å². The van der Waals surface area contributed by atoms with Gasteiger partial charge in [-0.25, -0.2) is 4.98 Å². The number of pyridine rings is 1. The molecule has 1 aliphatic rings. The molecule has 5 aromatic carbocycles. The highest BCUT2D eigenvalue weighted by molar-refractivity contribution is 5.86. The Morgan fingerprint density at radius 3 is 0.902 bits per heavy atom. The third-order valence-electron chi connectivity index (χ3n) is 9.84. The van der Waals surface area contributed by atoms with Crippen molar-refractivity contribution in [2.24, 2.45) is 0 Å². The van der Waals surface area contributed by atoms with Crippen molar-refractivity contribution in [2.45, 2.75) is 78.6 Å². The summed E-state index contributed by atoms with van der Waals surface area (Å²) in [6.45, 7) is 20.3. The molecule has 0 N–H and O–H groups in total. The highest BCUT2D eigenvalue weighted by atomic mass is 15.3. The largest absolute Gasteiger partial charge is 0.310 e. The first-order valence-corrected chi connectivity index (χ1v) is 18.1. The van der Waals surface area contributed by atoms with E-state index in [1.54, 1.807) is 0 Å². The molecule has 0 radical (unpaired) electrons. The van der Waals surface area contributed by atoms with E-state index in [1.165, 1.54) is 16.7 Å². The number of hydrogen-bond donors (Lipinski definition) is 0. The Labute approximate surface area is 305 Å². The fourth-order valence-corrected chi connectivity index (χ4v) is 6.81. The summed E-state index contributed by atoms with van der Waals surface area (Å²) in [6.07, 6.45) is 0. The molecule has 6 aromatic rings. The molecule has 258 valence electrons. The number of rotatable bonds is 3.